The Bertz CT molecular complexity index is 1320. The van der Waals surface area contributed by atoms with Gasteiger partial charge in [0.2, 0.25) is 0 Å². The first kappa shape index (κ1) is 20.8. The van der Waals surface area contributed by atoms with Crippen molar-refractivity contribution in [2.75, 3.05) is 14.2 Å². The van der Waals surface area contributed by atoms with Crippen LogP contribution in [0, 0.1) is 5.82 Å². The molecule has 7 heteroatoms. The van der Waals surface area contributed by atoms with Crippen LogP contribution >= 0.6 is 11.6 Å². The van der Waals surface area contributed by atoms with Gasteiger partial charge in [0.1, 0.15) is 35.3 Å². The zero-order valence-corrected chi connectivity index (χ0v) is 17.5. The van der Waals surface area contributed by atoms with Gasteiger partial charge < -0.3 is 18.6 Å². The van der Waals surface area contributed by atoms with Crippen molar-refractivity contribution in [1.29, 1.82) is 0 Å². The predicted molar refractivity (Wildman–Crippen MR) is 117 cm³/mol. The van der Waals surface area contributed by atoms with Crippen molar-refractivity contribution in [1.82, 2.24) is 0 Å². The van der Waals surface area contributed by atoms with Gasteiger partial charge >= 0.3 is 5.63 Å². The molecule has 0 N–H and O–H groups in total. The van der Waals surface area contributed by atoms with Crippen molar-refractivity contribution >= 4 is 22.6 Å². The Kier molecular flexibility index (Phi) is 5.82. The highest BCUT2D eigenvalue weighted by Crippen LogP contribution is 2.33. The van der Waals surface area contributed by atoms with E-state index in [1.807, 2.05) is 0 Å². The Labute approximate surface area is 182 Å². The second kappa shape index (κ2) is 8.70. The van der Waals surface area contributed by atoms with Crippen LogP contribution in [0.25, 0.3) is 22.1 Å². The van der Waals surface area contributed by atoms with Crippen LogP contribution in [0.4, 0.5) is 4.39 Å². The number of methoxy groups -OCH3 is 2. The average molecular weight is 441 g/mol. The van der Waals surface area contributed by atoms with Crippen LogP contribution in [-0.4, -0.2) is 14.2 Å². The molecule has 0 saturated carbocycles. The second-order valence-electron chi connectivity index (χ2n) is 6.74. The Balaban J connectivity index is 1.66. The lowest BCUT2D eigenvalue weighted by Crippen LogP contribution is -2.04. The minimum absolute atomic E-state index is 0.147. The molecule has 0 atom stereocenters. The smallest absolute Gasteiger partial charge is 0.344 e. The Hall–Kier alpha value is -3.51. The Morgan fingerprint density at radius 2 is 1.71 bits per heavy atom. The summed E-state index contributed by atoms with van der Waals surface area (Å²) in [5, 5.41) is 0.996. The van der Waals surface area contributed by atoms with E-state index >= 15 is 0 Å². The maximum Gasteiger partial charge on any atom is 0.344 e. The minimum Gasteiger partial charge on any atom is -0.497 e. The van der Waals surface area contributed by atoms with Gasteiger partial charge in [0.15, 0.2) is 0 Å². The molecule has 4 rings (SSSR count). The molecule has 0 amide bonds. The lowest BCUT2D eigenvalue weighted by Gasteiger charge is -2.11. The fourth-order valence-electron chi connectivity index (χ4n) is 3.19. The molecule has 158 valence electrons. The summed E-state index contributed by atoms with van der Waals surface area (Å²) in [5.41, 5.74) is 1.43. The number of hydrogen-bond donors (Lipinski definition) is 0. The molecule has 0 spiro atoms. The Morgan fingerprint density at radius 3 is 2.45 bits per heavy atom. The summed E-state index contributed by atoms with van der Waals surface area (Å²) in [4.78, 5) is 12.7. The van der Waals surface area contributed by atoms with Crippen molar-refractivity contribution < 1.29 is 23.0 Å². The van der Waals surface area contributed by atoms with Gasteiger partial charge in [0.25, 0.3) is 0 Å². The van der Waals surface area contributed by atoms with Crippen LogP contribution < -0.4 is 19.8 Å². The second-order valence-corrected chi connectivity index (χ2v) is 7.14. The average Bonchev–Trinajstić information content (AvgIpc) is 2.77. The molecule has 0 aliphatic heterocycles. The number of benzene rings is 3. The van der Waals surface area contributed by atoms with E-state index < -0.39 is 11.4 Å². The van der Waals surface area contributed by atoms with E-state index in [0.29, 0.717) is 44.9 Å². The lowest BCUT2D eigenvalue weighted by atomic mass is 10.0. The van der Waals surface area contributed by atoms with Gasteiger partial charge in [-0.25, -0.2) is 9.18 Å². The molecule has 0 aliphatic rings. The van der Waals surface area contributed by atoms with Crippen LogP contribution in [0.5, 0.6) is 17.2 Å². The van der Waals surface area contributed by atoms with Gasteiger partial charge in [-0.05, 0) is 48.5 Å². The van der Waals surface area contributed by atoms with Crippen LogP contribution in [0.2, 0.25) is 5.02 Å². The molecule has 3 aromatic carbocycles. The highest BCUT2D eigenvalue weighted by atomic mass is 35.5. The van der Waals surface area contributed by atoms with Gasteiger partial charge in [-0.3, -0.25) is 0 Å². The molecule has 0 saturated heterocycles. The van der Waals surface area contributed by atoms with Crippen LogP contribution in [0.15, 0.2) is 69.9 Å². The Morgan fingerprint density at radius 1 is 0.903 bits per heavy atom. The van der Waals surface area contributed by atoms with Crippen molar-refractivity contribution in [2.45, 2.75) is 6.61 Å². The first-order valence-electron chi connectivity index (χ1n) is 9.35. The van der Waals surface area contributed by atoms with Crippen LogP contribution in [0.1, 0.15) is 5.56 Å². The molecule has 5 nitrogen and oxygen atoms in total. The predicted octanol–water partition coefficient (Wildman–Crippen LogP) is 5.85. The van der Waals surface area contributed by atoms with E-state index in [9.17, 15) is 9.18 Å². The van der Waals surface area contributed by atoms with Crippen LogP contribution in [-0.2, 0) is 6.61 Å². The largest absolute Gasteiger partial charge is 0.497 e. The summed E-state index contributed by atoms with van der Waals surface area (Å²) in [6.07, 6.45) is 0. The van der Waals surface area contributed by atoms with Crippen molar-refractivity contribution in [2.24, 2.45) is 0 Å². The molecule has 1 aromatic heterocycles. The van der Waals surface area contributed by atoms with Crippen LogP contribution in [0.3, 0.4) is 0 Å². The SMILES string of the molecule is COc1ccc(OC)c(-c2cc3ccc(OCc4ccc(F)cc4Cl)cc3oc2=O)c1. The lowest BCUT2D eigenvalue weighted by molar-refractivity contribution is 0.306. The number of halogens is 2. The molecule has 4 aromatic rings. The summed E-state index contributed by atoms with van der Waals surface area (Å²) in [6, 6.07) is 16.2. The third kappa shape index (κ3) is 4.34. The summed E-state index contributed by atoms with van der Waals surface area (Å²) >= 11 is 6.03. The van der Waals surface area contributed by atoms with Crippen molar-refractivity contribution in [3.05, 3.63) is 87.5 Å². The zero-order valence-electron chi connectivity index (χ0n) is 16.8. The third-order valence-corrected chi connectivity index (χ3v) is 5.17. The maximum atomic E-state index is 13.2. The molecular weight excluding hydrogens is 423 g/mol. The number of ether oxygens (including phenoxy) is 3. The van der Waals surface area contributed by atoms with E-state index in [0.717, 1.165) is 0 Å². The quantitative estimate of drug-likeness (QED) is 0.352. The molecular formula is C24H18ClFO5. The van der Waals surface area contributed by atoms with E-state index in [1.165, 1.54) is 19.2 Å². The van der Waals surface area contributed by atoms with E-state index in [-0.39, 0.29) is 11.6 Å². The first-order chi connectivity index (χ1) is 15.0. The minimum atomic E-state index is -0.516. The maximum absolute atomic E-state index is 13.2. The summed E-state index contributed by atoms with van der Waals surface area (Å²) in [5.74, 6) is 1.20. The van der Waals surface area contributed by atoms with Gasteiger partial charge in [-0.2, -0.15) is 0 Å². The van der Waals surface area contributed by atoms with Gasteiger partial charge in [-0.1, -0.05) is 17.7 Å². The molecule has 0 unspecified atom stereocenters. The van der Waals surface area contributed by atoms with E-state index in [1.54, 1.807) is 55.6 Å². The highest BCUT2D eigenvalue weighted by molar-refractivity contribution is 6.31. The standard InChI is InChI=1S/C24H18ClFO5/c1-28-17-7-8-22(29-2)19(11-17)20-9-14-4-6-18(12-23(14)31-24(20)27)30-13-15-3-5-16(26)10-21(15)25/h3-12H,13H2,1-2H3. The highest BCUT2D eigenvalue weighted by Gasteiger charge is 2.14. The molecule has 31 heavy (non-hydrogen) atoms. The van der Waals surface area contributed by atoms with Gasteiger partial charge in [0, 0.05) is 22.6 Å². The summed E-state index contributed by atoms with van der Waals surface area (Å²) < 4.78 is 35.1. The third-order valence-electron chi connectivity index (χ3n) is 4.81. The number of rotatable bonds is 6. The molecule has 0 fully saturated rings. The molecule has 0 bridgehead atoms. The first-order valence-corrected chi connectivity index (χ1v) is 9.73. The number of fused-ring (bicyclic) bond motifs is 1. The van der Waals surface area contributed by atoms with Crippen molar-refractivity contribution in [3.63, 3.8) is 0 Å². The normalized spacial score (nSPS) is 10.8. The summed E-state index contributed by atoms with van der Waals surface area (Å²) in [6.45, 7) is 0.147. The fraction of sp³-hybridized carbons (Fsp3) is 0.125. The molecule has 1 heterocycles. The van der Waals surface area contributed by atoms with Gasteiger partial charge in [-0.15, -0.1) is 0 Å². The molecule has 0 aliphatic carbocycles. The monoisotopic (exact) mass is 440 g/mol. The van der Waals surface area contributed by atoms with E-state index in [2.05, 4.69) is 0 Å². The number of hydrogen-bond acceptors (Lipinski definition) is 5. The van der Waals surface area contributed by atoms with Crippen molar-refractivity contribution in [3.8, 4) is 28.4 Å². The zero-order chi connectivity index (χ0) is 22.0. The fourth-order valence-corrected chi connectivity index (χ4v) is 3.42. The topological polar surface area (TPSA) is 57.9 Å². The summed E-state index contributed by atoms with van der Waals surface area (Å²) in [7, 11) is 3.08. The van der Waals surface area contributed by atoms with Gasteiger partial charge in [0.05, 0.1) is 24.8 Å². The van der Waals surface area contributed by atoms with E-state index in [4.69, 9.17) is 30.2 Å². The molecule has 0 radical (unpaired) electrons.